The summed E-state index contributed by atoms with van der Waals surface area (Å²) in [5.74, 6) is 0.470. The molecule has 1 rings (SSSR count). The number of amidine groups is 1. The highest BCUT2D eigenvalue weighted by atomic mass is 16.5. The van der Waals surface area contributed by atoms with Crippen LogP contribution in [0.4, 0.5) is 0 Å². The van der Waals surface area contributed by atoms with Crippen LogP contribution in [0.15, 0.2) is 4.99 Å². The smallest absolute Gasteiger partial charge is 0.282 e. The molecule has 0 radical (unpaired) electrons. The van der Waals surface area contributed by atoms with Gasteiger partial charge in [-0.25, -0.2) is 4.99 Å². The average Bonchev–Trinajstić information content (AvgIpc) is 2.33. The Hall–Kier alpha value is -0.730. The lowest BCUT2D eigenvalue weighted by Crippen LogP contribution is -2.39. The van der Waals surface area contributed by atoms with E-state index >= 15 is 0 Å². The highest BCUT2D eigenvalue weighted by molar-refractivity contribution is 5.73. The highest BCUT2D eigenvalue weighted by Gasteiger charge is 2.38. The van der Waals surface area contributed by atoms with Gasteiger partial charge in [-0.05, 0) is 12.3 Å². The monoisotopic (exact) mass is 156 g/mol. The molecule has 0 amide bonds. The molecule has 1 aliphatic rings. The van der Waals surface area contributed by atoms with E-state index < -0.39 is 0 Å². The first-order valence-electron chi connectivity index (χ1n) is 4.09. The molecular formula is C8H16N2O. The number of aliphatic imine (C=N–C) groups is 1. The van der Waals surface area contributed by atoms with Crippen LogP contribution >= 0.6 is 0 Å². The van der Waals surface area contributed by atoms with Crippen LogP contribution in [-0.2, 0) is 4.74 Å². The summed E-state index contributed by atoms with van der Waals surface area (Å²) in [6, 6.07) is 0.348. The molecule has 0 spiro atoms. The third-order valence-corrected chi connectivity index (χ3v) is 2.46. The predicted octanol–water partition coefficient (Wildman–Crippen LogP) is 1.14. The molecule has 0 aromatic rings. The number of nitrogens with zero attached hydrogens (tertiary/aromatic N) is 1. The first-order valence-corrected chi connectivity index (χ1v) is 4.09. The summed E-state index contributed by atoms with van der Waals surface area (Å²) >= 11 is 0. The van der Waals surface area contributed by atoms with Crippen LogP contribution in [0, 0.1) is 5.92 Å². The molecule has 1 unspecified atom stereocenters. The van der Waals surface area contributed by atoms with Crippen LogP contribution in [0.3, 0.4) is 0 Å². The second-order valence-electron chi connectivity index (χ2n) is 3.33. The lowest BCUT2D eigenvalue weighted by Gasteiger charge is -2.30. The van der Waals surface area contributed by atoms with Gasteiger partial charge in [0, 0.05) is 0 Å². The molecule has 1 aliphatic heterocycles. The van der Waals surface area contributed by atoms with Crippen molar-refractivity contribution in [3.05, 3.63) is 0 Å². The summed E-state index contributed by atoms with van der Waals surface area (Å²) in [5, 5.41) is 0. The molecule has 0 aromatic heterocycles. The van der Waals surface area contributed by atoms with Gasteiger partial charge in [-0.1, -0.05) is 20.8 Å². The van der Waals surface area contributed by atoms with Gasteiger partial charge in [0.25, 0.3) is 6.02 Å². The molecule has 0 aromatic carbocycles. The van der Waals surface area contributed by atoms with Gasteiger partial charge in [0.1, 0.15) is 5.60 Å². The molecule has 0 bridgehead atoms. The number of hydrogen-bond donors (Lipinski definition) is 1. The first kappa shape index (κ1) is 8.37. The first-order chi connectivity index (χ1) is 5.10. The Morgan fingerprint density at radius 1 is 1.73 bits per heavy atom. The van der Waals surface area contributed by atoms with E-state index in [1.165, 1.54) is 0 Å². The van der Waals surface area contributed by atoms with E-state index in [0.717, 1.165) is 6.42 Å². The van der Waals surface area contributed by atoms with Crippen LogP contribution in [0.1, 0.15) is 27.2 Å². The Bertz CT molecular complexity index is 177. The second kappa shape index (κ2) is 2.72. The van der Waals surface area contributed by atoms with Crippen molar-refractivity contribution >= 4 is 6.02 Å². The van der Waals surface area contributed by atoms with Gasteiger partial charge in [0.2, 0.25) is 0 Å². The third kappa shape index (κ3) is 1.32. The summed E-state index contributed by atoms with van der Waals surface area (Å²) in [6.07, 6.45) is 0.967. The highest BCUT2D eigenvalue weighted by Crippen LogP contribution is 2.29. The normalized spacial score (nSPS) is 30.4. The number of rotatable bonds is 2. The number of ether oxygens (including phenoxy) is 1. The fourth-order valence-corrected chi connectivity index (χ4v) is 1.38. The Balaban J connectivity index is 2.67. The van der Waals surface area contributed by atoms with Crippen LogP contribution in [0.2, 0.25) is 0 Å². The summed E-state index contributed by atoms with van der Waals surface area (Å²) in [5.41, 5.74) is 5.33. The molecule has 0 saturated heterocycles. The Labute approximate surface area is 67.6 Å². The maximum atomic E-state index is 5.49. The number of nitrogens with two attached hydrogens (primary N) is 1. The standard InChI is InChI=1S/C8H16N2O/c1-4-8(6(2)3)5-10-7(9)11-8/h6H,4-5H2,1-3H3,(H2,9,10). The van der Waals surface area contributed by atoms with Gasteiger partial charge in [-0.15, -0.1) is 0 Å². The van der Waals surface area contributed by atoms with Crippen molar-refractivity contribution in [1.29, 1.82) is 0 Å². The molecule has 3 heteroatoms. The molecule has 11 heavy (non-hydrogen) atoms. The third-order valence-electron chi connectivity index (χ3n) is 2.46. The molecule has 0 fully saturated rings. The van der Waals surface area contributed by atoms with E-state index in [0.29, 0.717) is 18.5 Å². The van der Waals surface area contributed by atoms with Crippen molar-refractivity contribution < 1.29 is 4.74 Å². The van der Waals surface area contributed by atoms with Crippen molar-refractivity contribution in [1.82, 2.24) is 0 Å². The van der Waals surface area contributed by atoms with Crippen LogP contribution in [-0.4, -0.2) is 18.2 Å². The van der Waals surface area contributed by atoms with E-state index in [9.17, 15) is 0 Å². The summed E-state index contributed by atoms with van der Waals surface area (Å²) in [6.45, 7) is 7.09. The fraction of sp³-hybridized carbons (Fsp3) is 0.875. The van der Waals surface area contributed by atoms with Gasteiger partial charge in [-0.2, -0.15) is 0 Å². The topological polar surface area (TPSA) is 47.6 Å². The van der Waals surface area contributed by atoms with E-state index in [-0.39, 0.29) is 5.60 Å². The van der Waals surface area contributed by atoms with E-state index in [1.807, 2.05) is 0 Å². The Morgan fingerprint density at radius 2 is 2.36 bits per heavy atom. The zero-order chi connectivity index (χ0) is 8.48. The lowest BCUT2D eigenvalue weighted by molar-refractivity contribution is 0.0333. The summed E-state index contributed by atoms with van der Waals surface area (Å²) in [7, 11) is 0. The Kier molecular flexibility index (Phi) is 2.07. The second-order valence-corrected chi connectivity index (χ2v) is 3.33. The molecule has 1 atom stereocenters. The predicted molar refractivity (Wildman–Crippen MR) is 45.4 cm³/mol. The Morgan fingerprint density at radius 3 is 2.55 bits per heavy atom. The van der Waals surface area contributed by atoms with Crippen molar-refractivity contribution in [3.63, 3.8) is 0 Å². The SMILES string of the molecule is CCC1(C(C)C)CN=C(N)O1. The van der Waals surface area contributed by atoms with Crippen molar-refractivity contribution in [2.45, 2.75) is 32.8 Å². The van der Waals surface area contributed by atoms with Gasteiger partial charge >= 0.3 is 0 Å². The summed E-state index contributed by atoms with van der Waals surface area (Å²) < 4.78 is 5.49. The molecular weight excluding hydrogens is 140 g/mol. The van der Waals surface area contributed by atoms with E-state index in [1.54, 1.807) is 0 Å². The van der Waals surface area contributed by atoms with Crippen LogP contribution in [0.25, 0.3) is 0 Å². The van der Waals surface area contributed by atoms with Crippen molar-refractivity contribution in [3.8, 4) is 0 Å². The lowest BCUT2D eigenvalue weighted by atomic mass is 9.88. The minimum atomic E-state index is -0.121. The molecule has 3 nitrogen and oxygen atoms in total. The van der Waals surface area contributed by atoms with Crippen molar-refractivity contribution in [2.24, 2.45) is 16.6 Å². The molecule has 0 aliphatic carbocycles. The zero-order valence-corrected chi connectivity index (χ0v) is 7.42. The van der Waals surface area contributed by atoms with Crippen molar-refractivity contribution in [2.75, 3.05) is 6.54 Å². The quantitative estimate of drug-likeness (QED) is 0.651. The minimum Gasteiger partial charge on any atom is -0.457 e. The maximum absolute atomic E-state index is 5.49. The van der Waals surface area contributed by atoms with E-state index in [4.69, 9.17) is 10.5 Å². The fourth-order valence-electron chi connectivity index (χ4n) is 1.38. The largest absolute Gasteiger partial charge is 0.457 e. The van der Waals surface area contributed by atoms with E-state index in [2.05, 4.69) is 25.8 Å². The zero-order valence-electron chi connectivity index (χ0n) is 7.42. The van der Waals surface area contributed by atoms with Crippen LogP contribution < -0.4 is 5.73 Å². The maximum Gasteiger partial charge on any atom is 0.282 e. The van der Waals surface area contributed by atoms with Crippen LogP contribution in [0.5, 0.6) is 0 Å². The van der Waals surface area contributed by atoms with Gasteiger partial charge in [-0.3, -0.25) is 0 Å². The van der Waals surface area contributed by atoms with Gasteiger partial charge in [0.05, 0.1) is 6.54 Å². The molecule has 0 saturated carbocycles. The average molecular weight is 156 g/mol. The molecule has 64 valence electrons. The summed E-state index contributed by atoms with van der Waals surface area (Å²) in [4.78, 5) is 4.05. The molecule has 2 N–H and O–H groups in total. The minimum absolute atomic E-state index is 0.121. The van der Waals surface area contributed by atoms with Gasteiger partial charge in [0.15, 0.2) is 0 Å². The molecule has 1 heterocycles. The number of hydrogen-bond acceptors (Lipinski definition) is 3. The van der Waals surface area contributed by atoms with Gasteiger partial charge < -0.3 is 10.5 Å².